The molecule has 1 aliphatic rings. The summed E-state index contributed by atoms with van der Waals surface area (Å²) in [6.07, 6.45) is 5.10. The van der Waals surface area contributed by atoms with E-state index in [0.717, 1.165) is 11.1 Å². The molecule has 0 amide bonds. The Morgan fingerprint density at radius 2 is 2.17 bits per heavy atom. The van der Waals surface area contributed by atoms with E-state index in [1.807, 2.05) is 18.2 Å². The van der Waals surface area contributed by atoms with Crippen LogP contribution in [0.25, 0.3) is 11.1 Å². The van der Waals surface area contributed by atoms with Crippen LogP contribution in [0.1, 0.15) is 32.6 Å². The lowest BCUT2D eigenvalue weighted by molar-refractivity contribution is 0.344. The molecule has 2 unspecified atom stereocenters. The number of benzene rings is 1. The fraction of sp³-hybridized carbons (Fsp3) is 0.500. The molecule has 3 rings (SSSR count). The molecule has 4 nitrogen and oxygen atoms in total. The van der Waals surface area contributed by atoms with Crippen LogP contribution in [0.3, 0.4) is 0 Å². The van der Waals surface area contributed by atoms with E-state index in [1.54, 1.807) is 0 Å². The highest BCUT2D eigenvalue weighted by Gasteiger charge is 2.22. The number of fused-ring (bicyclic) bond motifs is 1. The van der Waals surface area contributed by atoms with Crippen LogP contribution < -0.4 is 11.1 Å². The highest BCUT2D eigenvalue weighted by Crippen LogP contribution is 2.28. The maximum atomic E-state index is 5.73. The van der Waals surface area contributed by atoms with Gasteiger partial charge in [0.25, 0.3) is 6.01 Å². The molecule has 2 aromatic rings. The third kappa shape index (κ3) is 2.15. The van der Waals surface area contributed by atoms with Gasteiger partial charge in [-0.25, -0.2) is 0 Å². The molecule has 1 heterocycles. The van der Waals surface area contributed by atoms with Gasteiger partial charge in [-0.3, -0.25) is 0 Å². The average molecular weight is 245 g/mol. The predicted octanol–water partition coefficient (Wildman–Crippen LogP) is 3.40. The maximum absolute atomic E-state index is 5.73. The van der Waals surface area contributed by atoms with Gasteiger partial charge in [-0.2, -0.15) is 4.98 Å². The minimum absolute atomic E-state index is 0.476. The van der Waals surface area contributed by atoms with Crippen LogP contribution in [0, 0.1) is 5.92 Å². The zero-order chi connectivity index (χ0) is 12.5. The maximum Gasteiger partial charge on any atom is 0.295 e. The summed E-state index contributed by atoms with van der Waals surface area (Å²) in [6.45, 7) is 2.29. The van der Waals surface area contributed by atoms with Crippen LogP contribution in [0.5, 0.6) is 0 Å². The standard InChI is InChI=1S/C14H19N3O/c1-9-4-2-3-5-11(9)16-14-17-12-7-6-10(15)8-13(12)18-14/h6-9,11H,2-5,15H2,1H3,(H,16,17). The van der Waals surface area contributed by atoms with Gasteiger partial charge in [0.15, 0.2) is 5.58 Å². The Balaban J connectivity index is 1.81. The first-order chi connectivity index (χ1) is 8.72. The molecule has 1 aromatic carbocycles. The number of rotatable bonds is 2. The lowest BCUT2D eigenvalue weighted by Crippen LogP contribution is -2.30. The number of hydrogen-bond donors (Lipinski definition) is 2. The van der Waals surface area contributed by atoms with Gasteiger partial charge in [-0.05, 0) is 30.9 Å². The second-order valence-corrected chi connectivity index (χ2v) is 5.26. The number of nitrogens with two attached hydrogens (primary N) is 1. The van der Waals surface area contributed by atoms with E-state index in [-0.39, 0.29) is 0 Å². The topological polar surface area (TPSA) is 64.1 Å². The zero-order valence-electron chi connectivity index (χ0n) is 10.6. The third-order valence-corrected chi connectivity index (χ3v) is 3.83. The number of nitrogen functional groups attached to an aromatic ring is 1. The summed E-state index contributed by atoms with van der Waals surface area (Å²) in [6, 6.07) is 6.65. The van der Waals surface area contributed by atoms with Gasteiger partial charge in [0.1, 0.15) is 5.52 Å². The molecule has 0 saturated heterocycles. The van der Waals surface area contributed by atoms with Gasteiger partial charge >= 0.3 is 0 Å². The molecule has 1 saturated carbocycles. The lowest BCUT2D eigenvalue weighted by Gasteiger charge is -2.28. The van der Waals surface area contributed by atoms with Crippen molar-refractivity contribution in [3.05, 3.63) is 18.2 Å². The van der Waals surface area contributed by atoms with E-state index >= 15 is 0 Å². The van der Waals surface area contributed by atoms with Gasteiger partial charge < -0.3 is 15.5 Å². The van der Waals surface area contributed by atoms with Crippen molar-refractivity contribution in [1.29, 1.82) is 0 Å². The van der Waals surface area contributed by atoms with Crippen molar-refractivity contribution in [3.63, 3.8) is 0 Å². The second-order valence-electron chi connectivity index (χ2n) is 5.26. The summed E-state index contributed by atoms with van der Waals surface area (Å²) in [5.74, 6) is 0.679. The molecule has 18 heavy (non-hydrogen) atoms. The van der Waals surface area contributed by atoms with Crippen LogP contribution in [0.2, 0.25) is 0 Å². The Morgan fingerprint density at radius 3 is 3.00 bits per heavy atom. The summed E-state index contributed by atoms with van der Waals surface area (Å²) in [5.41, 5.74) is 8.04. The number of oxazole rings is 1. The smallest absolute Gasteiger partial charge is 0.295 e. The number of anilines is 2. The number of aromatic nitrogens is 1. The first-order valence-electron chi connectivity index (χ1n) is 6.65. The van der Waals surface area contributed by atoms with Crippen molar-refractivity contribution in [2.24, 2.45) is 5.92 Å². The van der Waals surface area contributed by atoms with Crippen molar-refractivity contribution in [2.75, 3.05) is 11.1 Å². The van der Waals surface area contributed by atoms with Crippen molar-refractivity contribution < 1.29 is 4.42 Å². The molecule has 2 atom stereocenters. The minimum Gasteiger partial charge on any atom is -0.423 e. The van der Waals surface area contributed by atoms with Gasteiger partial charge in [0.05, 0.1) is 0 Å². The van der Waals surface area contributed by atoms with Gasteiger partial charge in [-0.1, -0.05) is 19.8 Å². The molecule has 3 N–H and O–H groups in total. The molecule has 1 aliphatic carbocycles. The Morgan fingerprint density at radius 1 is 1.33 bits per heavy atom. The van der Waals surface area contributed by atoms with E-state index in [2.05, 4.69) is 17.2 Å². The second kappa shape index (κ2) is 4.52. The zero-order valence-corrected chi connectivity index (χ0v) is 10.6. The first kappa shape index (κ1) is 11.4. The van der Waals surface area contributed by atoms with Crippen LogP contribution >= 0.6 is 0 Å². The van der Waals surface area contributed by atoms with Crippen LogP contribution in [0.4, 0.5) is 11.7 Å². The Labute approximate surface area is 107 Å². The monoisotopic (exact) mass is 245 g/mol. The van der Waals surface area contributed by atoms with E-state index in [9.17, 15) is 0 Å². The number of nitrogens with zero attached hydrogens (tertiary/aromatic N) is 1. The molecule has 4 heteroatoms. The number of nitrogens with one attached hydrogen (secondary N) is 1. The molecular weight excluding hydrogens is 226 g/mol. The van der Waals surface area contributed by atoms with Gasteiger partial charge in [0, 0.05) is 17.8 Å². The van der Waals surface area contributed by atoms with Crippen molar-refractivity contribution in [3.8, 4) is 0 Å². The third-order valence-electron chi connectivity index (χ3n) is 3.83. The summed E-state index contributed by atoms with van der Waals surface area (Å²) < 4.78 is 5.70. The summed E-state index contributed by atoms with van der Waals surface area (Å²) in [5, 5.41) is 3.42. The highest BCUT2D eigenvalue weighted by atomic mass is 16.4. The van der Waals surface area contributed by atoms with Crippen LogP contribution in [-0.2, 0) is 0 Å². The molecular formula is C14H19N3O. The van der Waals surface area contributed by atoms with Crippen LogP contribution in [-0.4, -0.2) is 11.0 Å². The molecule has 0 bridgehead atoms. The Bertz CT molecular complexity index is 549. The van der Waals surface area contributed by atoms with E-state index in [1.165, 1.54) is 25.7 Å². The highest BCUT2D eigenvalue weighted by molar-refractivity contribution is 5.78. The number of hydrogen-bond acceptors (Lipinski definition) is 4. The first-order valence-corrected chi connectivity index (χ1v) is 6.65. The van der Waals surface area contributed by atoms with E-state index in [0.29, 0.717) is 23.7 Å². The molecule has 1 fully saturated rings. The fourth-order valence-corrected chi connectivity index (χ4v) is 2.69. The summed E-state index contributed by atoms with van der Waals surface area (Å²) >= 11 is 0. The van der Waals surface area contributed by atoms with Crippen molar-refractivity contribution in [2.45, 2.75) is 38.6 Å². The predicted molar refractivity (Wildman–Crippen MR) is 73.5 cm³/mol. The molecule has 1 aromatic heterocycles. The fourth-order valence-electron chi connectivity index (χ4n) is 2.69. The molecule has 0 aliphatic heterocycles. The SMILES string of the molecule is CC1CCCCC1Nc1nc2ccc(N)cc2o1. The largest absolute Gasteiger partial charge is 0.423 e. The van der Waals surface area contributed by atoms with Crippen molar-refractivity contribution in [1.82, 2.24) is 4.98 Å². The molecule has 0 radical (unpaired) electrons. The lowest BCUT2D eigenvalue weighted by atomic mass is 9.86. The summed E-state index contributed by atoms with van der Waals surface area (Å²) in [7, 11) is 0. The Hall–Kier alpha value is -1.71. The van der Waals surface area contributed by atoms with E-state index < -0.39 is 0 Å². The van der Waals surface area contributed by atoms with Gasteiger partial charge in [-0.15, -0.1) is 0 Å². The van der Waals surface area contributed by atoms with Crippen LogP contribution in [0.15, 0.2) is 22.6 Å². The molecule has 0 spiro atoms. The summed E-state index contributed by atoms with van der Waals surface area (Å²) in [4.78, 5) is 4.45. The normalized spacial score (nSPS) is 24.3. The van der Waals surface area contributed by atoms with Crippen molar-refractivity contribution >= 4 is 22.8 Å². The molecule has 96 valence electrons. The minimum atomic E-state index is 0.476. The van der Waals surface area contributed by atoms with Gasteiger partial charge in [0.2, 0.25) is 0 Å². The quantitative estimate of drug-likeness (QED) is 0.796. The Kier molecular flexibility index (Phi) is 2.86. The average Bonchev–Trinajstić information content (AvgIpc) is 2.73. The van der Waals surface area contributed by atoms with E-state index in [4.69, 9.17) is 10.2 Å².